The molecule has 0 aliphatic rings. The highest BCUT2D eigenvalue weighted by Gasteiger charge is 2.16. The van der Waals surface area contributed by atoms with Crippen LogP contribution in [0.3, 0.4) is 0 Å². The van der Waals surface area contributed by atoms with Gasteiger partial charge in [-0.1, -0.05) is 6.92 Å². The number of anilines is 1. The zero-order valence-corrected chi connectivity index (χ0v) is 13.3. The predicted octanol–water partition coefficient (Wildman–Crippen LogP) is 1.76. The molecule has 1 rings (SSSR count). The number of rotatable bonds is 7. The van der Waals surface area contributed by atoms with Crippen LogP contribution in [0.1, 0.15) is 30.3 Å². The Balaban J connectivity index is 3.20. The molecule has 1 heterocycles. The number of amidine groups is 1. The van der Waals surface area contributed by atoms with Crippen LogP contribution in [0.15, 0.2) is 6.07 Å². The van der Waals surface area contributed by atoms with Gasteiger partial charge in [0.05, 0.1) is 16.9 Å². The van der Waals surface area contributed by atoms with Crippen LogP contribution in [-0.4, -0.2) is 49.4 Å². The molecule has 112 valence electrons. The largest absolute Gasteiger partial charge is 0.384 e. The van der Waals surface area contributed by atoms with Crippen molar-refractivity contribution in [3.05, 3.63) is 23.0 Å². The van der Waals surface area contributed by atoms with Crippen molar-refractivity contribution in [3.63, 3.8) is 0 Å². The molecule has 0 bridgehead atoms. The maximum Gasteiger partial charge on any atom is 0.126 e. The lowest BCUT2D eigenvalue weighted by molar-refractivity contribution is 0.413. The smallest absolute Gasteiger partial charge is 0.126 e. The Labute approximate surface area is 122 Å². The minimum atomic E-state index is 0.0935. The van der Waals surface area contributed by atoms with Crippen LogP contribution < -0.4 is 10.6 Å². The molecule has 0 saturated heterocycles. The third-order valence-electron chi connectivity index (χ3n) is 3.23. The number of aryl methyl sites for hydroxylation is 2. The van der Waals surface area contributed by atoms with E-state index in [4.69, 9.17) is 11.1 Å². The van der Waals surface area contributed by atoms with Gasteiger partial charge in [-0.2, -0.15) is 0 Å². The van der Waals surface area contributed by atoms with Crippen molar-refractivity contribution >= 4 is 11.5 Å². The molecule has 0 aromatic carbocycles. The van der Waals surface area contributed by atoms with Gasteiger partial charge in [0.2, 0.25) is 0 Å². The highest BCUT2D eigenvalue weighted by atomic mass is 15.2. The fraction of sp³-hybridized carbons (Fsp3) is 0.600. The SMILES string of the molecule is CCCN(CCN(C)C)c1cc(C)nc(C)c1C(=N)N. The Hall–Kier alpha value is -1.62. The maximum atomic E-state index is 7.83. The summed E-state index contributed by atoms with van der Waals surface area (Å²) in [6.45, 7) is 8.91. The van der Waals surface area contributed by atoms with Crippen LogP contribution in [0.5, 0.6) is 0 Å². The van der Waals surface area contributed by atoms with Crippen LogP contribution in [0, 0.1) is 19.3 Å². The lowest BCUT2D eigenvalue weighted by Gasteiger charge is -2.28. The molecule has 0 aliphatic carbocycles. The predicted molar refractivity (Wildman–Crippen MR) is 85.8 cm³/mol. The summed E-state index contributed by atoms with van der Waals surface area (Å²) < 4.78 is 0. The van der Waals surface area contributed by atoms with E-state index in [0.29, 0.717) is 0 Å². The number of hydrogen-bond acceptors (Lipinski definition) is 4. The molecule has 1 aromatic rings. The van der Waals surface area contributed by atoms with Gasteiger partial charge >= 0.3 is 0 Å². The van der Waals surface area contributed by atoms with Crippen LogP contribution in [-0.2, 0) is 0 Å². The van der Waals surface area contributed by atoms with E-state index in [2.05, 4.69) is 35.8 Å². The minimum Gasteiger partial charge on any atom is -0.384 e. The van der Waals surface area contributed by atoms with Crippen LogP contribution >= 0.6 is 0 Å². The monoisotopic (exact) mass is 277 g/mol. The van der Waals surface area contributed by atoms with Crippen molar-refractivity contribution in [2.24, 2.45) is 5.73 Å². The molecule has 0 radical (unpaired) electrons. The molecule has 0 atom stereocenters. The van der Waals surface area contributed by atoms with Gasteiger partial charge in [-0.25, -0.2) is 0 Å². The number of nitrogens with zero attached hydrogens (tertiary/aromatic N) is 3. The van der Waals surface area contributed by atoms with Crippen molar-refractivity contribution < 1.29 is 0 Å². The summed E-state index contributed by atoms with van der Waals surface area (Å²) in [6.07, 6.45) is 1.06. The zero-order valence-electron chi connectivity index (χ0n) is 13.3. The highest BCUT2D eigenvalue weighted by Crippen LogP contribution is 2.24. The molecule has 1 aromatic heterocycles. The average molecular weight is 277 g/mol. The quantitative estimate of drug-likeness (QED) is 0.588. The molecule has 0 amide bonds. The second kappa shape index (κ2) is 7.24. The Kier molecular flexibility index (Phi) is 5.95. The van der Waals surface area contributed by atoms with E-state index < -0.39 is 0 Å². The van der Waals surface area contributed by atoms with E-state index in [0.717, 1.165) is 48.7 Å². The van der Waals surface area contributed by atoms with Crippen molar-refractivity contribution in [1.29, 1.82) is 5.41 Å². The van der Waals surface area contributed by atoms with E-state index in [-0.39, 0.29) is 5.84 Å². The van der Waals surface area contributed by atoms with E-state index in [1.54, 1.807) is 0 Å². The first-order chi connectivity index (χ1) is 9.36. The highest BCUT2D eigenvalue weighted by molar-refractivity contribution is 6.01. The fourth-order valence-corrected chi connectivity index (χ4v) is 2.33. The fourth-order valence-electron chi connectivity index (χ4n) is 2.33. The van der Waals surface area contributed by atoms with Gasteiger partial charge in [0.15, 0.2) is 0 Å². The number of likely N-dealkylation sites (N-methyl/N-ethyl adjacent to an activating group) is 1. The number of aromatic nitrogens is 1. The molecule has 0 fully saturated rings. The molecule has 0 saturated carbocycles. The first-order valence-electron chi connectivity index (χ1n) is 7.09. The van der Waals surface area contributed by atoms with E-state index in [9.17, 15) is 0 Å². The number of pyridine rings is 1. The first kappa shape index (κ1) is 16.4. The second-order valence-corrected chi connectivity index (χ2v) is 5.45. The zero-order chi connectivity index (χ0) is 15.3. The Bertz CT molecular complexity index is 468. The van der Waals surface area contributed by atoms with Crippen molar-refractivity contribution in [3.8, 4) is 0 Å². The molecule has 3 N–H and O–H groups in total. The normalized spacial score (nSPS) is 10.9. The number of nitrogens with two attached hydrogens (primary N) is 1. The number of nitrogen functional groups attached to an aromatic ring is 1. The molecular formula is C15H27N5. The van der Waals surface area contributed by atoms with Crippen molar-refractivity contribution in [1.82, 2.24) is 9.88 Å². The van der Waals surface area contributed by atoms with Crippen LogP contribution in [0.4, 0.5) is 5.69 Å². The summed E-state index contributed by atoms with van der Waals surface area (Å²) in [7, 11) is 4.14. The van der Waals surface area contributed by atoms with Gasteiger partial charge < -0.3 is 15.5 Å². The van der Waals surface area contributed by atoms with E-state index >= 15 is 0 Å². The van der Waals surface area contributed by atoms with E-state index in [1.807, 2.05) is 19.9 Å². The summed E-state index contributed by atoms with van der Waals surface area (Å²) in [5.74, 6) is 0.0935. The van der Waals surface area contributed by atoms with Crippen LogP contribution in [0.25, 0.3) is 0 Å². The van der Waals surface area contributed by atoms with Crippen molar-refractivity contribution in [2.75, 3.05) is 38.6 Å². The van der Waals surface area contributed by atoms with Gasteiger partial charge in [0, 0.05) is 25.3 Å². The minimum absolute atomic E-state index is 0.0935. The third-order valence-corrected chi connectivity index (χ3v) is 3.23. The Morgan fingerprint density at radius 1 is 1.25 bits per heavy atom. The molecule has 20 heavy (non-hydrogen) atoms. The lowest BCUT2D eigenvalue weighted by atomic mass is 10.1. The van der Waals surface area contributed by atoms with Gasteiger partial charge in [-0.15, -0.1) is 0 Å². The standard InChI is InChI=1S/C15H27N5/c1-6-7-20(9-8-19(4)5)13-10-11(2)18-12(3)14(13)15(16)17/h10H,6-9H2,1-5H3,(H3,16,17). The number of nitrogens with one attached hydrogen (secondary N) is 1. The molecule has 5 nitrogen and oxygen atoms in total. The lowest BCUT2D eigenvalue weighted by Crippen LogP contribution is -2.34. The molecule has 5 heteroatoms. The topological polar surface area (TPSA) is 69.2 Å². The van der Waals surface area contributed by atoms with Gasteiger partial charge in [0.1, 0.15) is 5.84 Å². The molecule has 0 spiro atoms. The Morgan fingerprint density at radius 3 is 2.40 bits per heavy atom. The molecule has 0 unspecified atom stereocenters. The number of hydrogen-bond donors (Lipinski definition) is 2. The molecular weight excluding hydrogens is 250 g/mol. The van der Waals surface area contributed by atoms with Gasteiger partial charge in [0.25, 0.3) is 0 Å². The summed E-state index contributed by atoms with van der Waals surface area (Å²) in [4.78, 5) is 8.90. The van der Waals surface area contributed by atoms with E-state index in [1.165, 1.54) is 0 Å². The maximum absolute atomic E-state index is 7.83. The van der Waals surface area contributed by atoms with Crippen molar-refractivity contribution in [2.45, 2.75) is 27.2 Å². The van der Waals surface area contributed by atoms with Crippen LogP contribution in [0.2, 0.25) is 0 Å². The summed E-state index contributed by atoms with van der Waals surface area (Å²) in [5, 5.41) is 7.83. The third kappa shape index (κ3) is 4.20. The van der Waals surface area contributed by atoms with Gasteiger partial charge in [-0.3, -0.25) is 10.4 Å². The average Bonchev–Trinajstić information content (AvgIpc) is 2.32. The van der Waals surface area contributed by atoms with Gasteiger partial charge in [-0.05, 0) is 40.4 Å². The summed E-state index contributed by atoms with van der Waals surface area (Å²) >= 11 is 0. The summed E-state index contributed by atoms with van der Waals surface area (Å²) in [6, 6.07) is 2.04. The second-order valence-electron chi connectivity index (χ2n) is 5.45. The Morgan fingerprint density at radius 2 is 1.90 bits per heavy atom. The molecule has 0 aliphatic heterocycles. The first-order valence-corrected chi connectivity index (χ1v) is 7.09. The summed E-state index contributed by atoms with van der Waals surface area (Å²) in [5.41, 5.74) is 9.36.